The molecule has 4 heteroatoms. The first kappa shape index (κ1) is 13.3. The highest BCUT2D eigenvalue weighted by Crippen LogP contribution is 2.39. The van der Waals surface area contributed by atoms with Crippen LogP contribution in [0.3, 0.4) is 0 Å². The molecule has 4 nitrogen and oxygen atoms in total. The summed E-state index contributed by atoms with van der Waals surface area (Å²) >= 11 is 0. The van der Waals surface area contributed by atoms with Gasteiger partial charge in [0.05, 0.1) is 25.2 Å². The van der Waals surface area contributed by atoms with Gasteiger partial charge in [0.15, 0.2) is 0 Å². The Balaban J connectivity index is 1.87. The fourth-order valence-electron chi connectivity index (χ4n) is 3.53. The summed E-state index contributed by atoms with van der Waals surface area (Å²) in [5.41, 5.74) is 0.989. The van der Waals surface area contributed by atoms with E-state index >= 15 is 0 Å². The molecule has 0 fully saturated rings. The predicted octanol–water partition coefficient (Wildman–Crippen LogP) is 4.68. The topological polar surface area (TPSA) is 28.1 Å². The van der Waals surface area contributed by atoms with Crippen LogP contribution >= 0.6 is 0 Å². The molecular weight excluding hydrogens is 298 g/mol. The second kappa shape index (κ2) is 4.94. The lowest BCUT2D eigenvalue weighted by molar-refractivity contribution is -0.0981. The van der Waals surface area contributed by atoms with E-state index in [1.54, 1.807) is 23.6 Å². The van der Waals surface area contributed by atoms with Gasteiger partial charge in [0.1, 0.15) is 0 Å². The molecule has 0 aliphatic carbocycles. The van der Waals surface area contributed by atoms with Gasteiger partial charge in [0.2, 0.25) is 0 Å². The molecule has 0 N–H and O–H groups in total. The smallest absolute Gasteiger partial charge is 0.0939 e. The van der Waals surface area contributed by atoms with Crippen molar-refractivity contribution in [3.8, 4) is 0 Å². The third-order valence-electron chi connectivity index (χ3n) is 4.57. The number of anilines is 1. The van der Waals surface area contributed by atoms with Crippen LogP contribution < -0.4 is 5.12 Å². The van der Waals surface area contributed by atoms with Crippen molar-refractivity contribution in [2.75, 3.05) is 12.2 Å². The lowest BCUT2D eigenvalue weighted by Crippen LogP contribution is -2.35. The molecule has 1 heterocycles. The molecule has 0 atom stereocenters. The quantitative estimate of drug-likeness (QED) is 0.503. The van der Waals surface area contributed by atoms with Gasteiger partial charge in [-0.1, -0.05) is 48.5 Å². The first-order valence-corrected chi connectivity index (χ1v) is 7.87. The fourth-order valence-corrected chi connectivity index (χ4v) is 3.53. The van der Waals surface area contributed by atoms with E-state index in [2.05, 4.69) is 59.7 Å². The summed E-state index contributed by atoms with van der Waals surface area (Å²) in [5, 5.41) is 15.3. The summed E-state index contributed by atoms with van der Waals surface area (Å²) in [6, 6.07) is 19.4. The van der Waals surface area contributed by atoms with Crippen molar-refractivity contribution in [1.82, 2.24) is 5.17 Å². The predicted molar refractivity (Wildman–Crippen MR) is 99.1 cm³/mol. The van der Waals surface area contributed by atoms with Crippen molar-refractivity contribution in [3.05, 3.63) is 66.9 Å². The molecule has 0 spiro atoms. The zero-order valence-corrected chi connectivity index (χ0v) is 13.2. The number of nitrogens with zero attached hydrogens (tertiary/aromatic N) is 3. The van der Waals surface area contributed by atoms with E-state index in [-0.39, 0.29) is 0 Å². The monoisotopic (exact) mass is 313 g/mol. The highest BCUT2D eigenvalue weighted by Gasteiger charge is 2.19. The Hall–Kier alpha value is -3.11. The molecule has 0 unspecified atom stereocenters. The maximum atomic E-state index is 5.41. The van der Waals surface area contributed by atoms with Gasteiger partial charge < -0.3 is 0 Å². The van der Waals surface area contributed by atoms with Crippen LogP contribution in [0.2, 0.25) is 0 Å². The fraction of sp³-hybridized carbons (Fsp3) is 0.0500. The van der Waals surface area contributed by atoms with Crippen LogP contribution in [0.1, 0.15) is 0 Å². The summed E-state index contributed by atoms with van der Waals surface area (Å²) in [7, 11) is 1.63. The van der Waals surface area contributed by atoms with Crippen LogP contribution in [0.4, 0.5) is 5.69 Å². The Bertz CT molecular complexity index is 1100. The maximum Gasteiger partial charge on any atom is 0.0939 e. The minimum absolute atomic E-state index is 0.989. The number of benzene rings is 4. The molecule has 0 aromatic heterocycles. The lowest BCUT2D eigenvalue weighted by atomic mass is 9.93. The standard InChI is InChI=1S/C20H15N3O/c1-24-22-13-3-12-21-23(22)18-11-9-16-7-6-14-4-2-5-15-8-10-17(18)20(16)19(14)15/h2-13H,1H3. The lowest BCUT2D eigenvalue weighted by Gasteiger charge is -2.31. The van der Waals surface area contributed by atoms with Crippen molar-refractivity contribution in [2.45, 2.75) is 0 Å². The van der Waals surface area contributed by atoms with Gasteiger partial charge >= 0.3 is 0 Å². The average Bonchev–Trinajstić information content (AvgIpc) is 2.66. The van der Waals surface area contributed by atoms with Crippen molar-refractivity contribution >= 4 is 44.2 Å². The van der Waals surface area contributed by atoms with Crippen LogP contribution in [0.25, 0.3) is 32.3 Å². The first-order valence-electron chi connectivity index (χ1n) is 7.87. The molecule has 5 rings (SSSR count). The average molecular weight is 313 g/mol. The Morgan fingerprint density at radius 3 is 2.33 bits per heavy atom. The van der Waals surface area contributed by atoms with Crippen LogP contribution in [0, 0.1) is 0 Å². The summed E-state index contributed by atoms with van der Waals surface area (Å²) in [4.78, 5) is 5.41. The van der Waals surface area contributed by atoms with E-state index in [0.29, 0.717) is 0 Å². The Labute approximate surface area is 139 Å². The first-order chi connectivity index (χ1) is 11.9. The van der Waals surface area contributed by atoms with Gasteiger partial charge in [-0.05, 0) is 39.1 Å². The van der Waals surface area contributed by atoms with Gasteiger partial charge in [-0.15, -0.1) is 10.3 Å². The summed E-state index contributed by atoms with van der Waals surface area (Å²) in [6.45, 7) is 0. The molecule has 4 aromatic rings. The van der Waals surface area contributed by atoms with Crippen LogP contribution in [-0.4, -0.2) is 18.5 Å². The van der Waals surface area contributed by atoms with Gasteiger partial charge in [-0.25, -0.2) is 0 Å². The zero-order valence-electron chi connectivity index (χ0n) is 13.2. The maximum absolute atomic E-state index is 5.41. The Morgan fingerprint density at radius 1 is 0.833 bits per heavy atom. The highest BCUT2D eigenvalue weighted by molar-refractivity contribution is 6.25. The number of rotatable bonds is 2. The SMILES string of the molecule is CON1C=CC=NN1c1ccc2ccc3cccc4ccc1c2c34. The normalized spacial score (nSPS) is 14.5. The van der Waals surface area contributed by atoms with Crippen LogP contribution in [-0.2, 0) is 4.84 Å². The zero-order chi connectivity index (χ0) is 16.1. The number of hydrazone groups is 1. The van der Waals surface area contributed by atoms with Crippen molar-refractivity contribution in [3.63, 3.8) is 0 Å². The molecule has 1 aliphatic rings. The van der Waals surface area contributed by atoms with E-state index in [4.69, 9.17) is 4.84 Å². The number of hydrogen-bond acceptors (Lipinski definition) is 4. The van der Waals surface area contributed by atoms with Crippen molar-refractivity contribution in [1.29, 1.82) is 0 Å². The number of allylic oxidation sites excluding steroid dienone is 1. The Kier molecular flexibility index (Phi) is 2.75. The largest absolute Gasteiger partial charge is 0.256 e. The molecule has 0 radical (unpaired) electrons. The second-order valence-corrected chi connectivity index (χ2v) is 5.82. The van der Waals surface area contributed by atoms with Gasteiger partial charge in [0, 0.05) is 5.39 Å². The molecular formula is C20H15N3O. The molecule has 0 saturated heterocycles. The van der Waals surface area contributed by atoms with E-state index in [0.717, 1.165) is 11.1 Å². The number of hydrogen-bond donors (Lipinski definition) is 0. The molecule has 116 valence electrons. The van der Waals surface area contributed by atoms with Gasteiger partial charge in [-0.3, -0.25) is 4.84 Å². The van der Waals surface area contributed by atoms with Crippen LogP contribution in [0.5, 0.6) is 0 Å². The third-order valence-corrected chi connectivity index (χ3v) is 4.57. The second-order valence-electron chi connectivity index (χ2n) is 5.82. The number of hydroxylamine groups is 1. The third kappa shape index (κ3) is 1.74. The minimum atomic E-state index is 0.989. The van der Waals surface area contributed by atoms with E-state index in [1.807, 2.05) is 12.3 Å². The molecule has 0 saturated carbocycles. The summed E-state index contributed by atoms with van der Waals surface area (Å²) in [6.07, 6.45) is 5.44. The molecule has 0 amide bonds. The van der Waals surface area contributed by atoms with Crippen LogP contribution in [0.15, 0.2) is 72.0 Å². The molecule has 4 aromatic carbocycles. The summed E-state index contributed by atoms with van der Waals surface area (Å²) in [5.74, 6) is 0. The molecule has 1 aliphatic heterocycles. The van der Waals surface area contributed by atoms with E-state index in [1.165, 1.54) is 26.9 Å². The minimum Gasteiger partial charge on any atom is -0.256 e. The Morgan fingerprint density at radius 2 is 1.54 bits per heavy atom. The van der Waals surface area contributed by atoms with Crippen molar-refractivity contribution < 1.29 is 4.84 Å². The van der Waals surface area contributed by atoms with Crippen molar-refractivity contribution in [2.24, 2.45) is 5.10 Å². The highest BCUT2D eigenvalue weighted by atomic mass is 16.7. The molecule has 24 heavy (non-hydrogen) atoms. The van der Waals surface area contributed by atoms with E-state index in [9.17, 15) is 0 Å². The molecule has 0 bridgehead atoms. The number of hydrazine groups is 1. The summed E-state index contributed by atoms with van der Waals surface area (Å²) < 4.78 is 0. The van der Waals surface area contributed by atoms with Gasteiger partial charge in [-0.2, -0.15) is 5.10 Å². The van der Waals surface area contributed by atoms with E-state index < -0.39 is 0 Å². The van der Waals surface area contributed by atoms with Gasteiger partial charge in [0.25, 0.3) is 0 Å².